The van der Waals surface area contributed by atoms with E-state index in [1.54, 1.807) is 6.07 Å². The van der Waals surface area contributed by atoms with Crippen LogP contribution in [0.25, 0.3) is 0 Å². The Morgan fingerprint density at radius 3 is 2.58 bits per heavy atom. The summed E-state index contributed by atoms with van der Waals surface area (Å²) in [5.74, 6) is 0.139. The Labute approximate surface area is 156 Å². The maximum atomic E-state index is 13.4. The van der Waals surface area contributed by atoms with E-state index >= 15 is 0 Å². The lowest BCUT2D eigenvalue weighted by Crippen LogP contribution is -2.31. The van der Waals surface area contributed by atoms with Gasteiger partial charge in [0.05, 0.1) is 5.56 Å². The van der Waals surface area contributed by atoms with Gasteiger partial charge in [-0.3, -0.25) is 0 Å². The molecule has 2 aromatic carbocycles. The molecule has 1 nitrogen and oxygen atoms in total. The molecule has 6 heteroatoms. The first-order chi connectivity index (χ1) is 11.9. The number of hydrogen-bond acceptors (Lipinski definition) is 1. The van der Waals surface area contributed by atoms with E-state index in [1.165, 1.54) is 24.3 Å². The topological polar surface area (TPSA) is 12.0 Å². The number of hydrogen-bond donors (Lipinski definition) is 1. The highest BCUT2D eigenvalue weighted by Crippen LogP contribution is 2.45. The monoisotopic (exact) mass is 385 g/mol. The molecule has 2 aliphatic rings. The molecular formula is C20H20ClF4N. The number of nitrogens with one attached hydrogen (secondary N) is 1. The number of benzene rings is 2. The number of fused-ring (bicyclic) bond motifs is 3. The first kappa shape index (κ1) is 19.2. The van der Waals surface area contributed by atoms with Gasteiger partial charge in [0, 0.05) is 18.5 Å². The predicted molar refractivity (Wildman–Crippen MR) is 95.1 cm³/mol. The summed E-state index contributed by atoms with van der Waals surface area (Å²) in [5.41, 5.74) is 1.73. The molecule has 0 amide bonds. The normalized spacial score (nSPS) is 24.5. The summed E-state index contributed by atoms with van der Waals surface area (Å²) in [6.45, 7) is 0.680. The first-order valence-electron chi connectivity index (χ1n) is 8.60. The average molecular weight is 386 g/mol. The zero-order valence-electron chi connectivity index (χ0n) is 14.0. The maximum Gasteiger partial charge on any atom is 0.416 e. The van der Waals surface area contributed by atoms with E-state index in [-0.39, 0.29) is 30.2 Å². The fraction of sp³-hybridized carbons (Fsp3) is 0.400. The fourth-order valence-corrected chi connectivity index (χ4v) is 4.55. The summed E-state index contributed by atoms with van der Waals surface area (Å²) in [7, 11) is 0. The van der Waals surface area contributed by atoms with Crippen LogP contribution in [0, 0.1) is 11.7 Å². The van der Waals surface area contributed by atoms with Gasteiger partial charge in [-0.15, -0.1) is 12.4 Å². The van der Waals surface area contributed by atoms with Crippen LogP contribution in [0.2, 0.25) is 0 Å². The van der Waals surface area contributed by atoms with E-state index < -0.39 is 11.7 Å². The SMILES string of the molecule is Cl.Fc1cccc(CC2NCC3c4cccc(C(F)(F)F)c4CCC23)c1. The van der Waals surface area contributed by atoms with Crippen molar-refractivity contribution in [2.24, 2.45) is 5.92 Å². The van der Waals surface area contributed by atoms with Crippen molar-refractivity contribution < 1.29 is 17.6 Å². The molecule has 1 heterocycles. The highest BCUT2D eigenvalue weighted by atomic mass is 35.5. The molecule has 0 radical (unpaired) electrons. The van der Waals surface area contributed by atoms with Crippen molar-refractivity contribution in [2.75, 3.05) is 6.54 Å². The van der Waals surface area contributed by atoms with Gasteiger partial charge >= 0.3 is 6.18 Å². The minimum absolute atomic E-state index is 0. The molecular weight excluding hydrogens is 366 g/mol. The van der Waals surface area contributed by atoms with Crippen molar-refractivity contribution in [2.45, 2.75) is 37.4 Å². The van der Waals surface area contributed by atoms with Crippen molar-refractivity contribution in [3.05, 3.63) is 70.5 Å². The van der Waals surface area contributed by atoms with Crippen LogP contribution < -0.4 is 5.32 Å². The van der Waals surface area contributed by atoms with E-state index in [4.69, 9.17) is 0 Å². The van der Waals surface area contributed by atoms with E-state index in [1.807, 2.05) is 12.1 Å². The van der Waals surface area contributed by atoms with Crippen LogP contribution in [0.3, 0.4) is 0 Å². The van der Waals surface area contributed by atoms with Gasteiger partial charge in [-0.05, 0) is 60.1 Å². The highest BCUT2D eigenvalue weighted by Gasteiger charge is 2.43. The summed E-state index contributed by atoms with van der Waals surface area (Å²) in [6, 6.07) is 11.3. The van der Waals surface area contributed by atoms with Crippen LogP contribution >= 0.6 is 12.4 Å². The second kappa shape index (κ2) is 7.20. The van der Waals surface area contributed by atoms with Crippen molar-refractivity contribution in [1.29, 1.82) is 0 Å². The van der Waals surface area contributed by atoms with Crippen LogP contribution in [0.1, 0.15) is 34.6 Å². The molecule has 1 fully saturated rings. The third kappa shape index (κ3) is 3.47. The zero-order valence-corrected chi connectivity index (χ0v) is 14.8. The molecule has 2 aromatic rings. The summed E-state index contributed by atoms with van der Waals surface area (Å²) >= 11 is 0. The van der Waals surface area contributed by atoms with Gasteiger partial charge < -0.3 is 5.32 Å². The Morgan fingerprint density at radius 1 is 1.08 bits per heavy atom. The average Bonchev–Trinajstić information content (AvgIpc) is 2.97. The molecule has 1 aliphatic heterocycles. The Kier molecular flexibility index (Phi) is 5.31. The van der Waals surface area contributed by atoms with Crippen molar-refractivity contribution in [3.8, 4) is 0 Å². The van der Waals surface area contributed by atoms with Crippen LogP contribution in [-0.4, -0.2) is 12.6 Å². The van der Waals surface area contributed by atoms with Gasteiger partial charge in [0.1, 0.15) is 5.82 Å². The van der Waals surface area contributed by atoms with Crippen LogP contribution in [0.5, 0.6) is 0 Å². The smallest absolute Gasteiger partial charge is 0.313 e. The molecule has 0 bridgehead atoms. The molecule has 3 unspecified atom stereocenters. The Hall–Kier alpha value is -1.59. The third-order valence-corrected chi connectivity index (χ3v) is 5.62. The zero-order chi connectivity index (χ0) is 17.6. The Bertz CT molecular complexity index is 790. The second-order valence-electron chi connectivity index (χ2n) is 7.03. The van der Waals surface area contributed by atoms with E-state index in [0.29, 0.717) is 30.9 Å². The molecule has 0 spiro atoms. The predicted octanol–water partition coefficient (Wildman–Crippen LogP) is 5.13. The third-order valence-electron chi connectivity index (χ3n) is 5.62. The maximum absolute atomic E-state index is 13.4. The number of alkyl halides is 3. The van der Waals surface area contributed by atoms with Crippen LogP contribution in [0.15, 0.2) is 42.5 Å². The molecule has 1 saturated heterocycles. The van der Waals surface area contributed by atoms with Crippen LogP contribution in [0.4, 0.5) is 17.6 Å². The first-order valence-corrected chi connectivity index (χ1v) is 8.60. The molecule has 0 saturated carbocycles. The molecule has 1 N–H and O–H groups in total. The van der Waals surface area contributed by atoms with Gasteiger partial charge in [0.25, 0.3) is 0 Å². The summed E-state index contributed by atoms with van der Waals surface area (Å²) in [6.07, 6.45) is -2.41. The molecule has 26 heavy (non-hydrogen) atoms. The summed E-state index contributed by atoms with van der Waals surface area (Å²) < 4.78 is 53.2. The highest BCUT2D eigenvalue weighted by molar-refractivity contribution is 5.85. The van der Waals surface area contributed by atoms with E-state index in [2.05, 4.69) is 5.32 Å². The molecule has 3 atom stereocenters. The lowest BCUT2D eigenvalue weighted by Gasteiger charge is -2.32. The van der Waals surface area contributed by atoms with Gasteiger partial charge in [-0.2, -0.15) is 13.2 Å². The van der Waals surface area contributed by atoms with E-state index in [9.17, 15) is 17.6 Å². The number of halogens is 5. The van der Waals surface area contributed by atoms with Crippen LogP contribution in [-0.2, 0) is 19.0 Å². The van der Waals surface area contributed by atoms with Gasteiger partial charge in [-0.25, -0.2) is 4.39 Å². The van der Waals surface area contributed by atoms with Gasteiger partial charge in [0.2, 0.25) is 0 Å². The number of rotatable bonds is 2. The Balaban J connectivity index is 0.00000196. The standard InChI is InChI=1S/C20H19F4N.ClH/c21-13-4-1-3-12(9-13)10-19-16-8-7-15-14(17(16)11-25-19)5-2-6-18(15)20(22,23)24;/h1-6,9,16-17,19,25H,7-8,10-11H2;1H. The molecule has 140 valence electrons. The largest absolute Gasteiger partial charge is 0.416 e. The molecule has 4 rings (SSSR count). The second-order valence-corrected chi connectivity index (χ2v) is 7.03. The Morgan fingerprint density at radius 2 is 1.85 bits per heavy atom. The molecule has 0 aromatic heterocycles. The fourth-order valence-electron chi connectivity index (χ4n) is 4.55. The van der Waals surface area contributed by atoms with Crippen molar-refractivity contribution >= 4 is 12.4 Å². The summed E-state index contributed by atoms with van der Waals surface area (Å²) in [5, 5.41) is 3.46. The van der Waals surface area contributed by atoms with Gasteiger partial charge in [-0.1, -0.05) is 24.3 Å². The minimum atomic E-state index is -4.30. The lowest BCUT2D eigenvalue weighted by atomic mass is 9.72. The minimum Gasteiger partial charge on any atom is -0.313 e. The van der Waals surface area contributed by atoms with Crippen molar-refractivity contribution in [1.82, 2.24) is 5.32 Å². The molecule has 1 aliphatic carbocycles. The van der Waals surface area contributed by atoms with E-state index in [0.717, 1.165) is 17.5 Å². The van der Waals surface area contributed by atoms with Crippen molar-refractivity contribution in [3.63, 3.8) is 0 Å². The summed E-state index contributed by atoms with van der Waals surface area (Å²) in [4.78, 5) is 0. The lowest BCUT2D eigenvalue weighted by molar-refractivity contribution is -0.138. The van der Waals surface area contributed by atoms with Gasteiger partial charge in [0.15, 0.2) is 0 Å². The quantitative estimate of drug-likeness (QED) is 0.707.